The molecule has 114 valence electrons. The average molecular weight is 296 g/mol. The van der Waals surface area contributed by atoms with Crippen LogP contribution in [-0.2, 0) is 4.74 Å². The fourth-order valence-corrected chi connectivity index (χ4v) is 3.77. The number of nitrogens with zero attached hydrogens (tertiary/aromatic N) is 4. The van der Waals surface area contributed by atoms with Gasteiger partial charge in [0.05, 0.1) is 6.10 Å². The molecular weight excluding hydrogens is 276 g/mol. The van der Waals surface area contributed by atoms with Crippen molar-refractivity contribution in [2.24, 2.45) is 5.92 Å². The van der Waals surface area contributed by atoms with E-state index in [1.165, 1.54) is 12.8 Å². The van der Waals surface area contributed by atoms with E-state index in [0.29, 0.717) is 17.7 Å². The number of fused-ring (bicyclic) bond motifs is 1. The van der Waals surface area contributed by atoms with Gasteiger partial charge in [0.15, 0.2) is 11.5 Å². The SMILES string of the molecule is N#Cc1c(N2CCC(C3CCCO3)CC2)nc2ccccn12. The number of nitriles is 1. The predicted octanol–water partition coefficient (Wildman–Crippen LogP) is 2.60. The van der Waals surface area contributed by atoms with Crippen LogP contribution >= 0.6 is 0 Å². The topological polar surface area (TPSA) is 53.6 Å². The summed E-state index contributed by atoms with van der Waals surface area (Å²) in [4.78, 5) is 6.93. The van der Waals surface area contributed by atoms with Gasteiger partial charge in [0.2, 0.25) is 0 Å². The van der Waals surface area contributed by atoms with Crippen molar-refractivity contribution in [2.75, 3.05) is 24.6 Å². The summed E-state index contributed by atoms with van der Waals surface area (Å²) in [6.45, 7) is 2.85. The van der Waals surface area contributed by atoms with Gasteiger partial charge >= 0.3 is 0 Å². The average Bonchev–Trinajstić information content (AvgIpc) is 3.22. The molecule has 0 saturated carbocycles. The first-order valence-electron chi connectivity index (χ1n) is 8.10. The Morgan fingerprint density at radius 1 is 1.23 bits per heavy atom. The molecule has 5 heteroatoms. The maximum atomic E-state index is 9.50. The highest BCUT2D eigenvalue weighted by atomic mass is 16.5. The van der Waals surface area contributed by atoms with Gasteiger partial charge in [-0.25, -0.2) is 4.98 Å². The molecule has 0 bridgehead atoms. The Balaban J connectivity index is 1.55. The Morgan fingerprint density at radius 3 is 2.82 bits per heavy atom. The summed E-state index contributed by atoms with van der Waals surface area (Å²) in [5.41, 5.74) is 1.49. The monoisotopic (exact) mass is 296 g/mol. The third-order valence-electron chi connectivity index (χ3n) is 4.95. The van der Waals surface area contributed by atoms with Crippen LogP contribution in [0.25, 0.3) is 5.65 Å². The lowest BCUT2D eigenvalue weighted by atomic mass is 9.90. The first-order valence-corrected chi connectivity index (χ1v) is 8.10. The van der Waals surface area contributed by atoms with Crippen molar-refractivity contribution < 1.29 is 4.74 Å². The highest BCUT2D eigenvalue weighted by molar-refractivity contribution is 5.60. The van der Waals surface area contributed by atoms with Crippen LogP contribution in [0.15, 0.2) is 24.4 Å². The van der Waals surface area contributed by atoms with E-state index in [4.69, 9.17) is 4.74 Å². The van der Waals surface area contributed by atoms with Crippen molar-refractivity contribution in [2.45, 2.75) is 31.8 Å². The number of anilines is 1. The molecule has 5 nitrogen and oxygen atoms in total. The summed E-state index contributed by atoms with van der Waals surface area (Å²) in [7, 11) is 0. The van der Waals surface area contributed by atoms with Gasteiger partial charge in [-0.3, -0.25) is 4.40 Å². The Kier molecular flexibility index (Phi) is 3.47. The fourth-order valence-electron chi connectivity index (χ4n) is 3.77. The molecule has 0 aromatic carbocycles. The van der Waals surface area contributed by atoms with E-state index in [0.717, 1.165) is 44.0 Å². The van der Waals surface area contributed by atoms with Crippen LogP contribution in [0.3, 0.4) is 0 Å². The summed E-state index contributed by atoms with van der Waals surface area (Å²) >= 11 is 0. The number of ether oxygens (including phenoxy) is 1. The summed E-state index contributed by atoms with van der Waals surface area (Å²) in [5, 5.41) is 9.50. The molecule has 22 heavy (non-hydrogen) atoms. The first-order chi connectivity index (χ1) is 10.9. The summed E-state index contributed by atoms with van der Waals surface area (Å²) in [6.07, 6.45) is 7.04. The molecular formula is C17H20N4O. The molecule has 2 saturated heterocycles. The zero-order valence-electron chi connectivity index (χ0n) is 12.6. The minimum atomic E-state index is 0.457. The molecule has 4 rings (SSSR count). The first kappa shape index (κ1) is 13.6. The number of imidazole rings is 1. The number of aromatic nitrogens is 2. The van der Waals surface area contributed by atoms with E-state index in [-0.39, 0.29) is 0 Å². The molecule has 2 aromatic heterocycles. The van der Waals surface area contributed by atoms with Crippen LogP contribution < -0.4 is 4.90 Å². The molecule has 0 N–H and O–H groups in total. The van der Waals surface area contributed by atoms with Crippen molar-refractivity contribution in [3.8, 4) is 6.07 Å². The predicted molar refractivity (Wildman–Crippen MR) is 83.8 cm³/mol. The molecule has 1 atom stereocenters. The van der Waals surface area contributed by atoms with Crippen LogP contribution in [0, 0.1) is 17.2 Å². The minimum Gasteiger partial charge on any atom is -0.378 e. The normalized spacial score (nSPS) is 23.0. The molecule has 0 spiro atoms. The van der Waals surface area contributed by atoms with E-state index in [1.807, 2.05) is 28.8 Å². The second-order valence-electron chi connectivity index (χ2n) is 6.20. The third-order valence-corrected chi connectivity index (χ3v) is 4.95. The van der Waals surface area contributed by atoms with Gasteiger partial charge < -0.3 is 9.64 Å². The van der Waals surface area contributed by atoms with E-state index in [9.17, 15) is 5.26 Å². The molecule has 0 amide bonds. The summed E-state index contributed by atoms with van der Waals surface area (Å²) in [5.74, 6) is 1.50. The molecule has 2 aliphatic heterocycles. The Morgan fingerprint density at radius 2 is 2.09 bits per heavy atom. The number of pyridine rings is 1. The summed E-state index contributed by atoms with van der Waals surface area (Å²) in [6, 6.07) is 8.15. The second-order valence-corrected chi connectivity index (χ2v) is 6.20. The fraction of sp³-hybridized carbons (Fsp3) is 0.529. The van der Waals surface area contributed by atoms with Crippen LogP contribution in [0.4, 0.5) is 5.82 Å². The Bertz CT molecular complexity index is 703. The zero-order chi connectivity index (χ0) is 14.9. The van der Waals surface area contributed by atoms with Crippen LogP contribution in [0.5, 0.6) is 0 Å². The van der Waals surface area contributed by atoms with Crippen LogP contribution in [-0.4, -0.2) is 35.2 Å². The molecule has 4 heterocycles. The van der Waals surface area contributed by atoms with Crippen molar-refractivity contribution >= 4 is 11.5 Å². The summed E-state index contributed by atoms with van der Waals surface area (Å²) < 4.78 is 7.71. The smallest absolute Gasteiger partial charge is 0.169 e. The van der Waals surface area contributed by atoms with E-state index in [2.05, 4.69) is 16.0 Å². The maximum Gasteiger partial charge on any atom is 0.169 e. The number of hydrogen-bond acceptors (Lipinski definition) is 4. The molecule has 2 fully saturated rings. The second kappa shape index (κ2) is 5.62. The lowest BCUT2D eigenvalue weighted by Crippen LogP contribution is -2.38. The molecule has 2 aliphatic rings. The molecule has 0 aliphatic carbocycles. The Hall–Kier alpha value is -2.06. The number of piperidine rings is 1. The van der Waals surface area contributed by atoms with Crippen molar-refractivity contribution in [1.82, 2.24) is 9.38 Å². The van der Waals surface area contributed by atoms with E-state index >= 15 is 0 Å². The highest BCUT2D eigenvalue weighted by Crippen LogP contribution is 2.31. The number of rotatable bonds is 2. The maximum absolute atomic E-state index is 9.50. The van der Waals surface area contributed by atoms with Gasteiger partial charge in [-0.15, -0.1) is 0 Å². The van der Waals surface area contributed by atoms with Crippen LogP contribution in [0.2, 0.25) is 0 Å². The van der Waals surface area contributed by atoms with Gasteiger partial charge in [-0.1, -0.05) is 6.07 Å². The molecule has 1 unspecified atom stereocenters. The molecule has 2 aromatic rings. The van der Waals surface area contributed by atoms with Crippen LogP contribution in [0.1, 0.15) is 31.4 Å². The van der Waals surface area contributed by atoms with Gasteiger partial charge in [0.1, 0.15) is 11.7 Å². The highest BCUT2D eigenvalue weighted by Gasteiger charge is 2.31. The third kappa shape index (κ3) is 2.24. The number of hydrogen-bond donors (Lipinski definition) is 0. The lowest BCUT2D eigenvalue weighted by molar-refractivity contribution is 0.0531. The quantitative estimate of drug-likeness (QED) is 0.855. The van der Waals surface area contributed by atoms with Gasteiger partial charge in [0.25, 0.3) is 0 Å². The van der Waals surface area contributed by atoms with Crippen molar-refractivity contribution in [1.29, 1.82) is 5.26 Å². The zero-order valence-corrected chi connectivity index (χ0v) is 12.6. The Labute approximate surface area is 130 Å². The van der Waals surface area contributed by atoms with E-state index < -0.39 is 0 Å². The van der Waals surface area contributed by atoms with Gasteiger partial charge in [-0.05, 0) is 43.7 Å². The van der Waals surface area contributed by atoms with E-state index in [1.54, 1.807) is 0 Å². The molecule has 0 radical (unpaired) electrons. The van der Waals surface area contributed by atoms with Crippen molar-refractivity contribution in [3.05, 3.63) is 30.1 Å². The minimum absolute atomic E-state index is 0.457. The van der Waals surface area contributed by atoms with Crippen molar-refractivity contribution in [3.63, 3.8) is 0 Å². The lowest BCUT2D eigenvalue weighted by Gasteiger charge is -2.34. The standard InChI is InChI=1S/C17H20N4O/c18-12-14-17(19-16-5-1-2-8-21(14)16)20-9-6-13(7-10-20)15-4-3-11-22-15/h1-2,5,8,13,15H,3-4,6-7,9-11H2. The van der Waals surface area contributed by atoms with Gasteiger partial charge in [0, 0.05) is 25.9 Å². The largest absolute Gasteiger partial charge is 0.378 e. The van der Waals surface area contributed by atoms with Gasteiger partial charge in [-0.2, -0.15) is 5.26 Å².